The van der Waals surface area contributed by atoms with Crippen LogP contribution in [0.4, 0.5) is 11.5 Å². The summed E-state index contributed by atoms with van der Waals surface area (Å²) in [5, 5.41) is 7.82. The molecule has 3 rings (SSSR count). The third-order valence-electron chi connectivity index (χ3n) is 3.82. The fourth-order valence-electron chi connectivity index (χ4n) is 2.51. The van der Waals surface area contributed by atoms with E-state index in [0.29, 0.717) is 5.95 Å². The van der Waals surface area contributed by atoms with E-state index in [0.717, 1.165) is 28.6 Å². The van der Waals surface area contributed by atoms with Crippen molar-refractivity contribution in [1.29, 1.82) is 0 Å². The molecule has 5 nitrogen and oxygen atoms in total. The van der Waals surface area contributed by atoms with Crippen LogP contribution < -0.4 is 5.32 Å². The summed E-state index contributed by atoms with van der Waals surface area (Å²) in [5.41, 5.74) is 6.42. The van der Waals surface area contributed by atoms with Crippen LogP contribution in [0.25, 0.3) is 5.95 Å². The summed E-state index contributed by atoms with van der Waals surface area (Å²) < 4.78 is 1.77. The zero-order chi connectivity index (χ0) is 16.6. The van der Waals surface area contributed by atoms with Crippen molar-refractivity contribution in [2.24, 2.45) is 0 Å². The molecule has 0 aliphatic heterocycles. The first-order chi connectivity index (χ1) is 10.9. The molecule has 0 spiro atoms. The first-order valence-corrected chi connectivity index (χ1v) is 7.66. The van der Waals surface area contributed by atoms with E-state index in [2.05, 4.69) is 52.4 Å². The highest BCUT2D eigenvalue weighted by atomic mass is 15.4. The van der Waals surface area contributed by atoms with Crippen LogP contribution in [0.3, 0.4) is 0 Å². The van der Waals surface area contributed by atoms with Crippen molar-refractivity contribution in [1.82, 2.24) is 19.7 Å². The number of aromatic nitrogens is 4. The Kier molecular flexibility index (Phi) is 3.86. The van der Waals surface area contributed by atoms with Gasteiger partial charge in [0, 0.05) is 23.1 Å². The van der Waals surface area contributed by atoms with Crippen LogP contribution in [-0.2, 0) is 0 Å². The van der Waals surface area contributed by atoms with E-state index in [1.807, 2.05) is 32.9 Å². The quantitative estimate of drug-likeness (QED) is 0.796. The highest BCUT2D eigenvalue weighted by molar-refractivity contribution is 5.58. The van der Waals surface area contributed by atoms with E-state index in [4.69, 9.17) is 0 Å². The predicted octanol–water partition coefficient (Wildman–Crippen LogP) is 3.95. The van der Waals surface area contributed by atoms with Gasteiger partial charge in [0.1, 0.15) is 5.82 Å². The van der Waals surface area contributed by atoms with Crippen molar-refractivity contribution in [2.75, 3.05) is 5.32 Å². The number of anilines is 2. The molecule has 0 aliphatic rings. The Morgan fingerprint density at radius 2 is 1.61 bits per heavy atom. The average Bonchev–Trinajstić information content (AvgIpc) is 2.81. The maximum absolute atomic E-state index is 4.60. The normalized spacial score (nSPS) is 10.8. The van der Waals surface area contributed by atoms with Gasteiger partial charge in [0.25, 0.3) is 5.95 Å². The minimum Gasteiger partial charge on any atom is -0.340 e. The molecule has 23 heavy (non-hydrogen) atoms. The maximum Gasteiger partial charge on any atom is 0.252 e. The summed E-state index contributed by atoms with van der Waals surface area (Å²) in [5.74, 6) is 1.35. The fraction of sp³-hybridized carbons (Fsp3) is 0.278. The van der Waals surface area contributed by atoms with Crippen LogP contribution in [0.2, 0.25) is 0 Å². The van der Waals surface area contributed by atoms with Gasteiger partial charge in [0.2, 0.25) is 0 Å². The maximum atomic E-state index is 4.60. The molecule has 2 aromatic heterocycles. The molecule has 0 aliphatic carbocycles. The highest BCUT2D eigenvalue weighted by Gasteiger charge is 2.09. The summed E-state index contributed by atoms with van der Waals surface area (Å²) >= 11 is 0. The molecule has 0 fully saturated rings. The van der Waals surface area contributed by atoms with Gasteiger partial charge >= 0.3 is 0 Å². The molecule has 118 valence electrons. The molecule has 0 saturated heterocycles. The van der Waals surface area contributed by atoms with Crippen LogP contribution >= 0.6 is 0 Å². The summed E-state index contributed by atoms with van der Waals surface area (Å²) in [6.07, 6.45) is 0. The molecule has 2 heterocycles. The monoisotopic (exact) mass is 307 g/mol. The lowest BCUT2D eigenvalue weighted by atomic mass is 10.1. The van der Waals surface area contributed by atoms with Crippen molar-refractivity contribution in [2.45, 2.75) is 34.6 Å². The lowest BCUT2D eigenvalue weighted by molar-refractivity contribution is 0.770. The number of nitrogens with zero attached hydrogens (tertiary/aromatic N) is 4. The summed E-state index contributed by atoms with van der Waals surface area (Å²) in [7, 11) is 0. The van der Waals surface area contributed by atoms with Gasteiger partial charge in [0.05, 0.1) is 5.69 Å². The van der Waals surface area contributed by atoms with Gasteiger partial charge < -0.3 is 5.32 Å². The highest BCUT2D eigenvalue weighted by Crippen LogP contribution is 2.20. The first-order valence-electron chi connectivity index (χ1n) is 7.66. The molecule has 5 heteroatoms. The minimum atomic E-state index is 0.585. The minimum absolute atomic E-state index is 0.585. The van der Waals surface area contributed by atoms with Crippen molar-refractivity contribution in [3.63, 3.8) is 0 Å². The van der Waals surface area contributed by atoms with Gasteiger partial charge in [-0.05, 0) is 63.9 Å². The van der Waals surface area contributed by atoms with E-state index < -0.39 is 0 Å². The molecule has 0 unspecified atom stereocenters. The molecule has 0 radical (unpaired) electrons. The van der Waals surface area contributed by atoms with Crippen molar-refractivity contribution in [3.05, 3.63) is 58.5 Å². The Labute approximate surface area is 136 Å². The SMILES string of the molecule is Cc1cc(Nc2ccc(C)c(C)c2)nc(-n2nc(C)cc2C)n1. The van der Waals surface area contributed by atoms with Gasteiger partial charge in [0.15, 0.2) is 0 Å². The predicted molar refractivity (Wildman–Crippen MR) is 92.6 cm³/mol. The van der Waals surface area contributed by atoms with Gasteiger partial charge in [-0.2, -0.15) is 10.1 Å². The summed E-state index contributed by atoms with van der Waals surface area (Å²) in [4.78, 5) is 9.10. The molecule has 0 bridgehead atoms. The van der Waals surface area contributed by atoms with Crippen LogP contribution in [-0.4, -0.2) is 19.7 Å². The van der Waals surface area contributed by atoms with Crippen LogP contribution in [0.5, 0.6) is 0 Å². The number of hydrogen-bond donors (Lipinski definition) is 1. The second-order valence-corrected chi connectivity index (χ2v) is 5.96. The molecule has 1 N–H and O–H groups in total. The standard InChI is InChI=1S/C18H21N5/c1-11-6-7-16(8-12(11)2)20-17-10-13(3)19-18(21-17)23-15(5)9-14(4)22-23/h6-10H,1-5H3,(H,19,20,21). The zero-order valence-corrected chi connectivity index (χ0v) is 14.2. The lowest BCUT2D eigenvalue weighted by Gasteiger charge is -2.10. The van der Waals surface area contributed by atoms with Gasteiger partial charge in [-0.3, -0.25) is 0 Å². The van der Waals surface area contributed by atoms with E-state index in [9.17, 15) is 0 Å². The van der Waals surface area contributed by atoms with E-state index in [-0.39, 0.29) is 0 Å². The molecule has 0 atom stereocenters. The Hall–Kier alpha value is -2.69. The zero-order valence-electron chi connectivity index (χ0n) is 14.2. The molecule has 0 saturated carbocycles. The topological polar surface area (TPSA) is 55.6 Å². The number of aryl methyl sites for hydroxylation is 5. The number of benzene rings is 1. The number of rotatable bonds is 3. The van der Waals surface area contributed by atoms with E-state index >= 15 is 0 Å². The Balaban J connectivity index is 1.97. The van der Waals surface area contributed by atoms with Crippen LogP contribution in [0.1, 0.15) is 28.2 Å². The molecular formula is C18H21N5. The van der Waals surface area contributed by atoms with Crippen LogP contribution in [0.15, 0.2) is 30.3 Å². The second-order valence-electron chi connectivity index (χ2n) is 5.96. The summed E-state index contributed by atoms with van der Waals surface area (Å²) in [6, 6.07) is 10.2. The fourth-order valence-corrected chi connectivity index (χ4v) is 2.51. The number of nitrogens with one attached hydrogen (secondary N) is 1. The van der Waals surface area contributed by atoms with E-state index in [1.54, 1.807) is 4.68 Å². The first kappa shape index (κ1) is 15.2. The Morgan fingerprint density at radius 3 is 2.26 bits per heavy atom. The molecule has 0 amide bonds. The third-order valence-corrected chi connectivity index (χ3v) is 3.82. The van der Waals surface area contributed by atoms with Crippen molar-refractivity contribution in [3.8, 4) is 5.95 Å². The van der Waals surface area contributed by atoms with Crippen molar-refractivity contribution < 1.29 is 0 Å². The largest absolute Gasteiger partial charge is 0.340 e. The Morgan fingerprint density at radius 1 is 0.826 bits per heavy atom. The molecule has 1 aromatic carbocycles. The molecular weight excluding hydrogens is 286 g/mol. The second kappa shape index (κ2) is 5.83. The van der Waals surface area contributed by atoms with Crippen LogP contribution in [0, 0.1) is 34.6 Å². The van der Waals surface area contributed by atoms with Gasteiger partial charge in [-0.25, -0.2) is 9.67 Å². The van der Waals surface area contributed by atoms with Gasteiger partial charge in [-0.15, -0.1) is 0 Å². The summed E-state index contributed by atoms with van der Waals surface area (Å²) in [6.45, 7) is 10.1. The average molecular weight is 307 g/mol. The smallest absolute Gasteiger partial charge is 0.252 e. The third kappa shape index (κ3) is 3.23. The lowest BCUT2D eigenvalue weighted by Crippen LogP contribution is -2.08. The molecule has 3 aromatic rings. The number of hydrogen-bond acceptors (Lipinski definition) is 4. The van der Waals surface area contributed by atoms with E-state index in [1.165, 1.54) is 11.1 Å². The Bertz CT molecular complexity index is 864. The van der Waals surface area contributed by atoms with Gasteiger partial charge in [-0.1, -0.05) is 6.07 Å². The van der Waals surface area contributed by atoms with Crippen molar-refractivity contribution >= 4 is 11.5 Å².